The molecular formula is C9H12N2O3. The van der Waals surface area contributed by atoms with E-state index in [1.165, 1.54) is 6.20 Å². The summed E-state index contributed by atoms with van der Waals surface area (Å²) < 4.78 is 4.85. The average Bonchev–Trinajstić information content (AvgIpc) is 2.73. The third-order valence-corrected chi connectivity index (χ3v) is 2.39. The molecule has 5 heteroatoms. The van der Waals surface area contributed by atoms with Crippen molar-refractivity contribution in [2.45, 2.75) is 19.4 Å². The van der Waals surface area contributed by atoms with Crippen molar-refractivity contribution in [2.75, 3.05) is 13.1 Å². The Balaban J connectivity index is 2.13. The van der Waals surface area contributed by atoms with Crippen LogP contribution in [0, 0.1) is 6.92 Å². The molecule has 76 valence electrons. The standard InChI is InChI=1S/C9H12N2O3/c1-6-4-10-14-8(6)9(13)11-3-2-7(12)5-11/h4,7,12H,2-3,5H2,1H3/t7-/m0/s1. The average molecular weight is 196 g/mol. The number of aryl methyl sites for hydroxylation is 1. The number of carbonyl (C=O) groups excluding carboxylic acids is 1. The molecule has 0 spiro atoms. The maximum atomic E-state index is 11.8. The zero-order valence-electron chi connectivity index (χ0n) is 7.93. The number of rotatable bonds is 1. The first kappa shape index (κ1) is 9.21. The van der Waals surface area contributed by atoms with Gasteiger partial charge in [0.15, 0.2) is 0 Å². The van der Waals surface area contributed by atoms with Gasteiger partial charge in [0, 0.05) is 18.7 Å². The summed E-state index contributed by atoms with van der Waals surface area (Å²) in [7, 11) is 0. The molecule has 1 N–H and O–H groups in total. The summed E-state index contributed by atoms with van der Waals surface area (Å²) in [4.78, 5) is 13.3. The fourth-order valence-corrected chi connectivity index (χ4v) is 1.57. The third-order valence-electron chi connectivity index (χ3n) is 2.39. The van der Waals surface area contributed by atoms with E-state index in [1.54, 1.807) is 11.8 Å². The van der Waals surface area contributed by atoms with E-state index in [9.17, 15) is 9.90 Å². The largest absolute Gasteiger partial charge is 0.391 e. The molecule has 1 fully saturated rings. The first-order valence-electron chi connectivity index (χ1n) is 4.57. The van der Waals surface area contributed by atoms with Gasteiger partial charge in [0.25, 0.3) is 5.91 Å². The number of carbonyl (C=O) groups is 1. The molecule has 14 heavy (non-hydrogen) atoms. The van der Waals surface area contributed by atoms with Crippen molar-refractivity contribution in [3.63, 3.8) is 0 Å². The van der Waals surface area contributed by atoms with Gasteiger partial charge in [-0.2, -0.15) is 0 Å². The molecule has 1 saturated heterocycles. The van der Waals surface area contributed by atoms with Gasteiger partial charge in [-0.3, -0.25) is 4.79 Å². The maximum absolute atomic E-state index is 11.8. The van der Waals surface area contributed by atoms with E-state index in [-0.39, 0.29) is 11.7 Å². The van der Waals surface area contributed by atoms with Crippen molar-refractivity contribution in [2.24, 2.45) is 0 Å². The summed E-state index contributed by atoms with van der Waals surface area (Å²) in [6.45, 7) is 2.75. The fraction of sp³-hybridized carbons (Fsp3) is 0.556. The molecule has 1 amide bonds. The van der Waals surface area contributed by atoms with Crippen molar-refractivity contribution in [3.05, 3.63) is 17.5 Å². The van der Waals surface area contributed by atoms with E-state index >= 15 is 0 Å². The van der Waals surface area contributed by atoms with Crippen LogP contribution in [-0.4, -0.2) is 40.3 Å². The van der Waals surface area contributed by atoms with Crippen molar-refractivity contribution in [3.8, 4) is 0 Å². The Morgan fingerprint density at radius 1 is 1.79 bits per heavy atom. The van der Waals surface area contributed by atoms with Gasteiger partial charge in [0.1, 0.15) is 0 Å². The molecule has 5 nitrogen and oxygen atoms in total. The van der Waals surface area contributed by atoms with Crippen molar-refractivity contribution in [1.29, 1.82) is 0 Å². The van der Waals surface area contributed by atoms with Crippen LogP contribution in [0.25, 0.3) is 0 Å². The minimum atomic E-state index is -0.401. The smallest absolute Gasteiger partial charge is 0.292 e. The number of nitrogens with zero attached hydrogens (tertiary/aromatic N) is 2. The maximum Gasteiger partial charge on any atom is 0.292 e. The fourth-order valence-electron chi connectivity index (χ4n) is 1.57. The highest BCUT2D eigenvalue weighted by atomic mass is 16.5. The highest BCUT2D eigenvalue weighted by Gasteiger charge is 2.28. The van der Waals surface area contributed by atoms with Gasteiger partial charge in [0.05, 0.1) is 12.3 Å². The molecule has 1 aromatic heterocycles. The van der Waals surface area contributed by atoms with Gasteiger partial charge in [0.2, 0.25) is 5.76 Å². The van der Waals surface area contributed by atoms with Crippen molar-refractivity contribution >= 4 is 5.91 Å². The second kappa shape index (κ2) is 3.42. The Hall–Kier alpha value is -1.36. The van der Waals surface area contributed by atoms with Crippen LogP contribution in [0.2, 0.25) is 0 Å². The Morgan fingerprint density at radius 2 is 2.57 bits per heavy atom. The van der Waals surface area contributed by atoms with Crippen LogP contribution in [0.1, 0.15) is 22.5 Å². The third kappa shape index (κ3) is 1.50. The van der Waals surface area contributed by atoms with E-state index in [4.69, 9.17) is 4.52 Å². The van der Waals surface area contributed by atoms with Crippen LogP contribution in [0.4, 0.5) is 0 Å². The lowest BCUT2D eigenvalue weighted by Gasteiger charge is -2.13. The molecule has 2 rings (SSSR count). The van der Waals surface area contributed by atoms with E-state index in [0.29, 0.717) is 19.5 Å². The van der Waals surface area contributed by atoms with Crippen LogP contribution in [0.3, 0.4) is 0 Å². The number of hydrogen-bond donors (Lipinski definition) is 1. The molecule has 0 unspecified atom stereocenters. The molecule has 0 saturated carbocycles. The quantitative estimate of drug-likeness (QED) is 0.696. The lowest BCUT2D eigenvalue weighted by Crippen LogP contribution is -2.29. The monoisotopic (exact) mass is 196 g/mol. The number of amides is 1. The summed E-state index contributed by atoms with van der Waals surface area (Å²) >= 11 is 0. The van der Waals surface area contributed by atoms with Gasteiger partial charge < -0.3 is 14.5 Å². The number of β-amino-alcohol motifs (C(OH)–C–C–N with tert-alkyl or cyclic N) is 1. The molecular weight excluding hydrogens is 184 g/mol. The van der Waals surface area contributed by atoms with Crippen LogP contribution in [-0.2, 0) is 0 Å². The summed E-state index contributed by atoms with van der Waals surface area (Å²) in [6, 6.07) is 0. The molecule has 1 atom stereocenters. The SMILES string of the molecule is Cc1cnoc1C(=O)N1CC[C@H](O)C1. The summed E-state index contributed by atoms with van der Waals surface area (Å²) in [5.74, 6) is 0.0932. The van der Waals surface area contributed by atoms with Crippen LogP contribution < -0.4 is 0 Å². The Kier molecular flexibility index (Phi) is 2.25. The minimum absolute atomic E-state index is 0.184. The van der Waals surface area contributed by atoms with Gasteiger partial charge >= 0.3 is 0 Å². The molecule has 0 aromatic carbocycles. The van der Waals surface area contributed by atoms with Gasteiger partial charge in [-0.1, -0.05) is 5.16 Å². The van der Waals surface area contributed by atoms with Crippen LogP contribution in [0.5, 0.6) is 0 Å². The van der Waals surface area contributed by atoms with E-state index < -0.39 is 6.10 Å². The highest BCUT2D eigenvalue weighted by molar-refractivity contribution is 5.92. The number of aromatic nitrogens is 1. The number of aliphatic hydroxyl groups is 1. The summed E-state index contributed by atoms with van der Waals surface area (Å²) in [5, 5.41) is 12.8. The van der Waals surface area contributed by atoms with E-state index in [1.807, 2.05) is 0 Å². The number of likely N-dealkylation sites (tertiary alicyclic amines) is 1. The van der Waals surface area contributed by atoms with Gasteiger partial charge in [-0.15, -0.1) is 0 Å². The highest BCUT2D eigenvalue weighted by Crippen LogP contribution is 2.15. The second-order valence-electron chi connectivity index (χ2n) is 3.53. The van der Waals surface area contributed by atoms with E-state index in [2.05, 4.69) is 5.16 Å². The van der Waals surface area contributed by atoms with E-state index in [0.717, 1.165) is 5.56 Å². The predicted molar refractivity (Wildman–Crippen MR) is 47.8 cm³/mol. The van der Waals surface area contributed by atoms with Crippen LogP contribution >= 0.6 is 0 Å². The summed E-state index contributed by atoms with van der Waals surface area (Å²) in [6.07, 6.45) is 1.75. The predicted octanol–water partition coefficient (Wildman–Crippen LogP) is 0.190. The zero-order valence-corrected chi connectivity index (χ0v) is 7.93. The molecule has 1 aliphatic rings. The first-order valence-corrected chi connectivity index (χ1v) is 4.57. The first-order chi connectivity index (χ1) is 6.68. The summed E-state index contributed by atoms with van der Waals surface area (Å²) in [5.41, 5.74) is 0.733. The van der Waals surface area contributed by atoms with Crippen molar-refractivity contribution < 1.29 is 14.4 Å². The Morgan fingerprint density at radius 3 is 3.07 bits per heavy atom. The molecule has 0 bridgehead atoms. The molecule has 1 aromatic rings. The number of hydrogen-bond acceptors (Lipinski definition) is 4. The van der Waals surface area contributed by atoms with Gasteiger partial charge in [-0.05, 0) is 13.3 Å². The lowest BCUT2D eigenvalue weighted by molar-refractivity contribution is 0.0723. The topological polar surface area (TPSA) is 66.6 Å². The van der Waals surface area contributed by atoms with Crippen LogP contribution in [0.15, 0.2) is 10.7 Å². The normalized spacial score (nSPS) is 21.6. The molecule has 1 aliphatic heterocycles. The Bertz CT molecular complexity index is 348. The van der Waals surface area contributed by atoms with Crippen molar-refractivity contribution in [1.82, 2.24) is 10.1 Å². The van der Waals surface area contributed by atoms with Gasteiger partial charge in [-0.25, -0.2) is 0 Å². The molecule has 0 radical (unpaired) electrons. The molecule has 0 aliphatic carbocycles. The lowest BCUT2D eigenvalue weighted by atomic mass is 10.3. The molecule has 2 heterocycles. The number of aliphatic hydroxyl groups excluding tert-OH is 1. The zero-order chi connectivity index (χ0) is 10.1. The Labute approximate surface area is 81.3 Å². The second-order valence-corrected chi connectivity index (χ2v) is 3.53. The minimum Gasteiger partial charge on any atom is -0.391 e.